The van der Waals surface area contributed by atoms with E-state index < -0.39 is 6.61 Å². The van der Waals surface area contributed by atoms with Gasteiger partial charge in [-0.3, -0.25) is 0 Å². The average molecular weight is 336 g/mol. The highest BCUT2D eigenvalue weighted by Crippen LogP contribution is 2.28. The lowest BCUT2D eigenvalue weighted by molar-refractivity contribution is -0.0498. The molecule has 0 saturated carbocycles. The molecule has 1 aliphatic rings. The molecule has 4 nitrogen and oxygen atoms in total. The van der Waals surface area contributed by atoms with Crippen molar-refractivity contribution in [3.8, 4) is 5.75 Å². The van der Waals surface area contributed by atoms with Crippen molar-refractivity contribution in [3.63, 3.8) is 0 Å². The first-order valence-electron chi connectivity index (χ1n) is 7.88. The summed E-state index contributed by atoms with van der Waals surface area (Å²) < 4.78 is 28.4. The number of hydrogen-bond acceptors (Lipinski definition) is 2. The van der Waals surface area contributed by atoms with E-state index in [0.29, 0.717) is 23.4 Å². The van der Waals surface area contributed by atoms with Gasteiger partial charge in [0.05, 0.1) is 0 Å². The number of carbonyl (C=O) groups is 1. The van der Waals surface area contributed by atoms with Crippen molar-refractivity contribution < 1.29 is 18.3 Å². The number of anilines is 1. The van der Waals surface area contributed by atoms with Gasteiger partial charge in [-0.2, -0.15) is 8.78 Å². The summed E-state index contributed by atoms with van der Waals surface area (Å²) in [6, 6.07) is 5.36. The topological polar surface area (TPSA) is 50.4 Å². The highest BCUT2D eigenvalue weighted by atomic mass is 19.3. The van der Waals surface area contributed by atoms with Crippen molar-refractivity contribution in [3.05, 3.63) is 48.2 Å². The van der Waals surface area contributed by atoms with E-state index in [-0.39, 0.29) is 11.8 Å². The molecule has 0 spiro atoms. The number of nitrogens with one attached hydrogen (secondary N) is 2. The molecule has 0 aromatic heterocycles. The summed E-state index contributed by atoms with van der Waals surface area (Å²) in [7, 11) is 0. The molecule has 0 bridgehead atoms. The Kier molecular flexibility index (Phi) is 5.95. The minimum absolute atomic E-state index is 0.0439. The van der Waals surface area contributed by atoms with Crippen LogP contribution in [0.4, 0.5) is 19.3 Å². The van der Waals surface area contributed by atoms with E-state index in [1.54, 1.807) is 0 Å². The Hall–Kier alpha value is -2.37. The summed E-state index contributed by atoms with van der Waals surface area (Å²) in [5, 5.41) is 5.43. The number of amides is 2. The third-order valence-corrected chi connectivity index (χ3v) is 3.91. The molecule has 2 rings (SSSR count). The molecule has 24 heavy (non-hydrogen) atoms. The molecule has 0 radical (unpaired) electrons. The summed E-state index contributed by atoms with van der Waals surface area (Å²) >= 11 is 0. The van der Waals surface area contributed by atoms with E-state index >= 15 is 0 Å². The lowest BCUT2D eigenvalue weighted by atomic mass is 9.81. The quantitative estimate of drug-likeness (QED) is 0.813. The zero-order valence-corrected chi connectivity index (χ0v) is 13.9. The van der Waals surface area contributed by atoms with Crippen LogP contribution in [0, 0.1) is 17.8 Å². The van der Waals surface area contributed by atoms with E-state index in [0.717, 1.165) is 5.70 Å². The predicted molar refractivity (Wildman–Crippen MR) is 89.9 cm³/mol. The second kappa shape index (κ2) is 7.95. The molecule has 6 heteroatoms. The van der Waals surface area contributed by atoms with Gasteiger partial charge in [0.1, 0.15) is 5.75 Å². The zero-order chi connectivity index (χ0) is 17.7. The molecule has 0 aliphatic heterocycles. The van der Waals surface area contributed by atoms with Gasteiger partial charge >= 0.3 is 12.6 Å². The molecule has 1 aromatic rings. The fourth-order valence-corrected chi connectivity index (χ4v) is 2.77. The number of ether oxygens (including phenoxy) is 1. The van der Waals surface area contributed by atoms with Crippen molar-refractivity contribution in [1.29, 1.82) is 0 Å². The van der Waals surface area contributed by atoms with Crippen LogP contribution >= 0.6 is 0 Å². The predicted octanol–water partition coefficient (Wildman–Crippen LogP) is 4.77. The number of hydrogen-bond donors (Lipinski definition) is 2. The maximum Gasteiger partial charge on any atom is 0.387 e. The van der Waals surface area contributed by atoms with Gasteiger partial charge in [0.25, 0.3) is 0 Å². The molecule has 2 N–H and O–H groups in total. The summed E-state index contributed by atoms with van der Waals surface area (Å²) in [4.78, 5) is 12.0. The normalized spacial score (nSPS) is 20.0. The average Bonchev–Trinajstić information content (AvgIpc) is 2.48. The minimum Gasteiger partial charge on any atom is -0.435 e. The number of alkyl halides is 2. The van der Waals surface area contributed by atoms with Crippen LogP contribution in [0.15, 0.2) is 48.2 Å². The summed E-state index contributed by atoms with van der Waals surface area (Å²) in [5.74, 6) is 1.39. The van der Waals surface area contributed by atoms with Crippen molar-refractivity contribution in [1.82, 2.24) is 5.32 Å². The molecular formula is C18H22F2N2O2. The van der Waals surface area contributed by atoms with Crippen molar-refractivity contribution in [2.45, 2.75) is 27.4 Å². The SMILES string of the molecule is CC(C)C1C=CC(NC(=O)Nc2ccc(OC(F)F)cc2)=CC1C. The van der Waals surface area contributed by atoms with Crippen molar-refractivity contribution in [2.24, 2.45) is 17.8 Å². The highest BCUT2D eigenvalue weighted by Gasteiger charge is 2.20. The van der Waals surface area contributed by atoms with E-state index in [1.165, 1.54) is 24.3 Å². The van der Waals surface area contributed by atoms with Gasteiger partial charge in [0, 0.05) is 11.4 Å². The Bertz CT molecular complexity index is 624. The van der Waals surface area contributed by atoms with Crippen LogP contribution in [0.3, 0.4) is 0 Å². The van der Waals surface area contributed by atoms with Crippen LogP contribution in [-0.4, -0.2) is 12.6 Å². The van der Waals surface area contributed by atoms with Crippen LogP contribution in [0.2, 0.25) is 0 Å². The lowest BCUT2D eigenvalue weighted by Gasteiger charge is -2.26. The number of urea groups is 1. The van der Waals surface area contributed by atoms with Gasteiger partial charge in [-0.05, 0) is 48.1 Å². The Morgan fingerprint density at radius 2 is 1.83 bits per heavy atom. The van der Waals surface area contributed by atoms with E-state index in [4.69, 9.17) is 0 Å². The lowest BCUT2D eigenvalue weighted by Crippen LogP contribution is -2.29. The largest absolute Gasteiger partial charge is 0.435 e. The Morgan fingerprint density at radius 1 is 1.17 bits per heavy atom. The van der Waals surface area contributed by atoms with Crippen LogP contribution in [0.1, 0.15) is 20.8 Å². The smallest absolute Gasteiger partial charge is 0.387 e. The first-order chi connectivity index (χ1) is 11.3. The van der Waals surface area contributed by atoms with Gasteiger partial charge in [-0.1, -0.05) is 32.9 Å². The van der Waals surface area contributed by atoms with Gasteiger partial charge in [0.2, 0.25) is 0 Å². The van der Waals surface area contributed by atoms with Crippen molar-refractivity contribution >= 4 is 11.7 Å². The van der Waals surface area contributed by atoms with Crippen LogP contribution in [-0.2, 0) is 0 Å². The van der Waals surface area contributed by atoms with Gasteiger partial charge < -0.3 is 15.4 Å². The molecule has 1 aliphatic carbocycles. The third-order valence-electron chi connectivity index (χ3n) is 3.91. The summed E-state index contributed by atoms with van der Waals surface area (Å²) in [6.45, 7) is 3.60. The number of allylic oxidation sites excluding steroid dienone is 3. The standard InChI is InChI=1S/C18H22F2N2O2/c1-11(2)16-9-6-14(10-12(16)3)22-18(23)21-13-4-7-15(8-5-13)24-17(19)20/h4-12,16-17H,1-3H3,(H2,21,22,23). The number of rotatable bonds is 5. The molecule has 130 valence electrons. The number of benzene rings is 1. The second-order valence-corrected chi connectivity index (χ2v) is 6.14. The molecular weight excluding hydrogens is 314 g/mol. The first-order valence-corrected chi connectivity index (χ1v) is 7.88. The Morgan fingerprint density at radius 3 is 2.38 bits per heavy atom. The van der Waals surface area contributed by atoms with Crippen LogP contribution < -0.4 is 15.4 Å². The van der Waals surface area contributed by atoms with Gasteiger partial charge in [0.15, 0.2) is 0 Å². The fourth-order valence-electron chi connectivity index (χ4n) is 2.77. The monoisotopic (exact) mass is 336 g/mol. The highest BCUT2D eigenvalue weighted by molar-refractivity contribution is 5.90. The molecule has 0 fully saturated rings. The van der Waals surface area contributed by atoms with Gasteiger partial charge in [-0.25, -0.2) is 4.79 Å². The Labute approximate surface area is 140 Å². The zero-order valence-electron chi connectivity index (χ0n) is 13.9. The van der Waals surface area contributed by atoms with E-state index in [2.05, 4.69) is 42.2 Å². The maximum absolute atomic E-state index is 12.1. The maximum atomic E-state index is 12.1. The molecule has 2 atom stereocenters. The molecule has 2 unspecified atom stereocenters. The molecule has 2 amide bonds. The number of halogens is 2. The fraction of sp³-hybridized carbons (Fsp3) is 0.389. The third kappa shape index (κ3) is 5.08. The Balaban J connectivity index is 1.90. The summed E-state index contributed by atoms with van der Waals surface area (Å²) in [5.41, 5.74) is 1.23. The van der Waals surface area contributed by atoms with Crippen molar-refractivity contribution in [2.75, 3.05) is 5.32 Å². The number of carbonyl (C=O) groups excluding carboxylic acids is 1. The van der Waals surface area contributed by atoms with Crippen LogP contribution in [0.5, 0.6) is 5.75 Å². The molecule has 0 heterocycles. The van der Waals surface area contributed by atoms with E-state index in [9.17, 15) is 13.6 Å². The first kappa shape index (κ1) is 18.0. The summed E-state index contributed by atoms with van der Waals surface area (Å²) in [6.07, 6.45) is 6.05. The van der Waals surface area contributed by atoms with Crippen LogP contribution in [0.25, 0.3) is 0 Å². The second-order valence-electron chi connectivity index (χ2n) is 6.14. The molecule has 1 aromatic carbocycles. The minimum atomic E-state index is -2.87. The molecule has 0 saturated heterocycles. The van der Waals surface area contributed by atoms with E-state index in [1.807, 2.05) is 12.2 Å². The van der Waals surface area contributed by atoms with Gasteiger partial charge in [-0.15, -0.1) is 0 Å².